The van der Waals surface area contributed by atoms with E-state index in [2.05, 4.69) is 0 Å². The van der Waals surface area contributed by atoms with Gasteiger partial charge in [-0.3, -0.25) is 4.90 Å². The number of anilines is 1. The number of carbonyl (C=O) groups is 1. The second-order valence-corrected chi connectivity index (χ2v) is 4.47. The van der Waals surface area contributed by atoms with Crippen molar-refractivity contribution in [1.82, 2.24) is 0 Å². The molecule has 0 aromatic heterocycles. The lowest BCUT2D eigenvalue weighted by atomic mass is 10.1. The third kappa shape index (κ3) is 2.23. The molecule has 1 heterocycles. The van der Waals surface area contributed by atoms with E-state index in [1.54, 1.807) is 11.0 Å². The summed E-state index contributed by atoms with van der Waals surface area (Å²) in [6.45, 7) is 2.81. The zero-order valence-electron chi connectivity index (χ0n) is 9.65. The smallest absolute Gasteiger partial charge is 0.414 e. The van der Waals surface area contributed by atoms with E-state index in [0.29, 0.717) is 18.2 Å². The first-order chi connectivity index (χ1) is 8.15. The van der Waals surface area contributed by atoms with Crippen LogP contribution in [-0.4, -0.2) is 25.3 Å². The number of nitrogens with two attached hydrogens (primary N) is 1. The summed E-state index contributed by atoms with van der Waals surface area (Å²) in [4.78, 5) is 13.4. The van der Waals surface area contributed by atoms with Crippen LogP contribution in [0.15, 0.2) is 18.2 Å². The van der Waals surface area contributed by atoms with Crippen LogP contribution in [0.3, 0.4) is 0 Å². The minimum atomic E-state index is -0.325. The van der Waals surface area contributed by atoms with Crippen molar-refractivity contribution in [1.29, 1.82) is 0 Å². The molecule has 92 valence electrons. The Bertz CT molecular complexity index is 437. The van der Waals surface area contributed by atoms with E-state index < -0.39 is 0 Å². The highest BCUT2D eigenvalue weighted by Crippen LogP contribution is 2.31. The largest absolute Gasteiger partial charge is 0.447 e. The highest BCUT2D eigenvalue weighted by molar-refractivity contribution is 6.31. The molecule has 0 bridgehead atoms. The van der Waals surface area contributed by atoms with Gasteiger partial charge in [0.15, 0.2) is 0 Å². The number of hydrogen-bond donors (Lipinski definition) is 1. The van der Waals surface area contributed by atoms with E-state index in [0.717, 1.165) is 17.7 Å². The SMILES string of the molecule is Cc1c(Cl)cccc1N1C(=O)OCC1CCN. The molecule has 1 amide bonds. The summed E-state index contributed by atoms with van der Waals surface area (Å²) in [5, 5.41) is 0.647. The molecule has 2 N–H and O–H groups in total. The van der Waals surface area contributed by atoms with Crippen molar-refractivity contribution in [2.45, 2.75) is 19.4 Å². The molecular formula is C12H15ClN2O2. The lowest BCUT2D eigenvalue weighted by molar-refractivity contribution is 0.178. The first-order valence-corrected chi connectivity index (χ1v) is 5.94. The molecule has 1 atom stereocenters. The third-order valence-corrected chi connectivity index (χ3v) is 3.37. The lowest BCUT2D eigenvalue weighted by Gasteiger charge is -2.23. The molecule has 17 heavy (non-hydrogen) atoms. The molecule has 1 aliphatic rings. The fraction of sp³-hybridized carbons (Fsp3) is 0.417. The van der Waals surface area contributed by atoms with Gasteiger partial charge in [0.1, 0.15) is 6.61 Å². The van der Waals surface area contributed by atoms with Crippen molar-refractivity contribution in [2.24, 2.45) is 5.73 Å². The number of nitrogens with zero attached hydrogens (tertiary/aromatic N) is 1. The molecule has 1 unspecified atom stereocenters. The fourth-order valence-corrected chi connectivity index (χ4v) is 2.19. The summed E-state index contributed by atoms with van der Waals surface area (Å²) in [6, 6.07) is 5.51. The number of cyclic esters (lactones) is 1. The van der Waals surface area contributed by atoms with Gasteiger partial charge in [-0.15, -0.1) is 0 Å². The van der Waals surface area contributed by atoms with Gasteiger partial charge >= 0.3 is 6.09 Å². The molecule has 1 aromatic carbocycles. The monoisotopic (exact) mass is 254 g/mol. The van der Waals surface area contributed by atoms with Gasteiger partial charge in [-0.05, 0) is 37.6 Å². The molecule has 0 spiro atoms. The Labute approximate surface area is 105 Å². The summed E-state index contributed by atoms with van der Waals surface area (Å²) in [6.07, 6.45) is 0.395. The fourth-order valence-electron chi connectivity index (χ4n) is 2.02. The van der Waals surface area contributed by atoms with Crippen molar-refractivity contribution in [2.75, 3.05) is 18.1 Å². The van der Waals surface area contributed by atoms with Crippen molar-refractivity contribution in [3.63, 3.8) is 0 Å². The average Bonchev–Trinajstić information content (AvgIpc) is 2.65. The Morgan fingerprint density at radius 1 is 1.59 bits per heavy atom. The Hall–Kier alpha value is -1.26. The third-order valence-electron chi connectivity index (χ3n) is 2.96. The summed E-state index contributed by atoms with van der Waals surface area (Å²) in [7, 11) is 0. The first kappa shape index (κ1) is 12.2. The highest BCUT2D eigenvalue weighted by Gasteiger charge is 2.34. The summed E-state index contributed by atoms with van der Waals surface area (Å²) >= 11 is 6.06. The minimum absolute atomic E-state index is 0.00432. The van der Waals surface area contributed by atoms with Crippen LogP contribution < -0.4 is 10.6 Å². The highest BCUT2D eigenvalue weighted by atomic mass is 35.5. The quantitative estimate of drug-likeness (QED) is 0.901. The number of rotatable bonds is 3. The van der Waals surface area contributed by atoms with Crippen LogP contribution >= 0.6 is 11.6 Å². The van der Waals surface area contributed by atoms with Gasteiger partial charge in [-0.25, -0.2) is 4.79 Å². The van der Waals surface area contributed by atoms with Crippen molar-refractivity contribution in [3.05, 3.63) is 28.8 Å². The van der Waals surface area contributed by atoms with Crippen LogP contribution in [-0.2, 0) is 4.74 Å². The van der Waals surface area contributed by atoms with Crippen LogP contribution in [0, 0.1) is 6.92 Å². The minimum Gasteiger partial charge on any atom is -0.447 e. The van der Waals surface area contributed by atoms with Crippen molar-refractivity contribution < 1.29 is 9.53 Å². The Morgan fingerprint density at radius 3 is 3.06 bits per heavy atom. The Balaban J connectivity index is 2.36. The van der Waals surface area contributed by atoms with Crippen LogP contribution in [0.2, 0.25) is 5.02 Å². The molecule has 0 radical (unpaired) electrons. The van der Waals surface area contributed by atoms with E-state index in [9.17, 15) is 4.79 Å². The molecule has 2 rings (SSSR count). The summed E-state index contributed by atoms with van der Waals surface area (Å²) < 4.78 is 5.07. The number of halogens is 1. The first-order valence-electron chi connectivity index (χ1n) is 5.56. The molecule has 1 fully saturated rings. The van der Waals surface area contributed by atoms with E-state index in [1.807, 2.05) is 19.1 Å². The maximum absolute atomic E-state index is 11.7. The van der Waals surface area contributed by atoms with Gasteiger partial charge in [-0.1, -0.05) is 17.7 Å². The molecule has 1 saturated heterocycles. The number of carbonyl (C=O) groups excluding carboxylic acids is 1. The molecular weight excluding hydrogens is 240 g/mol. The van der Waals surface area contributed by atoms with E-state index in [-0.39, 0.29) is 12.1 Å². The molecule has 0 saturated carbocycles. The maximum atomic E-state index is 11.7. The average molecular weight is 255 g/mol. The lowest BCUT2D eigenvalue weighted by Crippen LogP contribution is -2.35. The predicted octanol–water partition coefficient (Wildman–Crippen LogP) is 2.32. The molecule has 1 aromatic rings. The number of ether oxygens (including phenoxy) is 1. The molecule has 0 aliphatic carbocycles. The molecule has 5 heteroatoms. The van der Waals surface area contributed by atoms with Crippen LogP contribution in [0.4, 0.5) is 10.5 Å². The van der Waals surface area contributed by atoms with Crippen molar-refractivity contribution >= 4 is 23.4 Å². The molecule has 4 nitrogen and oxygen atoms in total. The van der Waals surface area contributed by atoms with Crippen LogP contribution in [0.1, 0.15) is 12.0 Å². The van der Waals surface area contributed by atoms with Crippen molar-refractivity contribution in [3.8, 4) is 0 Å². The number of benzene rings is 1. The van der Waals surface area contributed by atoms with Gasteiger partial charge in [0.25, 0.3) is 0 Å². The van der Waals surface area contributed by atoms with E-state index in [1.165, 1.54) is 0 Å². The van der Waals surface area contributed by atoms with Gasteiger partial charge in [0, 0.05) is 5.02 Å². The van der Waals surface area contributed by atoms with Gasteiger partial charge in [-0.2, -0.15) is 0 Å². The van der Waals surface area contributed by atoms with E-state index >= 15 is 0 Å². The van der Waals surface area contributed by atoms with Gasteiger partial charge in [0.2, 0.25) is 0 Å². The van der Waals surface area contributed by atoms with E-state index in [4.69, 9.17) is 22.1 Å². The molecule has 1 aliphatic heterocycles. The predicted molar refractivity (Wildman–Crippen MR) is 67.5 cm³/mol. The second kappa shape index (κ2) is 4.94. The number of hydrogen-bond acceptors (Lipinski definition) is 3. The van der Waals surface area contributed by atoms with Crippen LogP contribution in [0.5, 0.6) is 0 Å². The standard InChI is InChI=1S/C12H15ClN2O2/c1-8-10(13)3-2-4-11(8)15-9(5-6-14)7-17-12(15)16/h2-4,9H,5-7,14H2,1H3. The second-order valence-electron chi connectivity index (χ2n) is 4.06. The summed E-state index contributed by atoms with van der Waals surface area (Å²) in [5.41, 5.74) is 7.23. The Morgan fingerprint density at radius 2 is 2.35 bits per heavy atom. The van der Waals surface area contributed by atoms with Gasteiger partial charge in [0.05, 0.1) is 11.7 Å². The zero-order chi connectivity index (χ0) is 12.4. The van der Waals surface area contributed by atoms with Crippen LogP contribution in [0.25, 0.3) is 0 Å². The topological polar surface area (TPSA) is 55.6 Å². The number of amides is 1. The summed E-state index contributed by atoms with van der Waals surface area (Å²) in [5.74, 6) is 0. The van der Waals surface area contributed by atoms with Gasteiger partial charge < -0.3 is 10.5 Å². The normalized spacial score (nSPS) is 19.6. The Kier molecular flexibility index (Phi) is 3.54. The maximum Gasteiger partial charge on any atom is 0.414 e. The zero-order valence-corrected chi connectivity index (χ0v) is 10.4.